The van der Waals surface area contributed by atoms with Gasteiger partial charge in [-0.1, -0.05) is 18.2 Å². The highest BCUT2D eigenvalue weighted by Crippen LogP contribution is 2.16. The van der Waals surface area contributed by atoms with E-state index in [4.69, 9.17) is 0 Å². The summed E-state index contributed by atoms with van der Waals surface area (Å²) in [5.74, 6) is -0.237. The summed E-state index contributed by atoms with van der Waals surface area (Å²) in [6.45, 7) is 0. The van der Waals surface area contributed by atoms with Crippen molar-refractivity contribution in [1.29, 1.82) is 0 Å². The fraction of sp³-hybridized carbons (Fsp3) is 0. The van der Waals surface area contributed by atoms with Crippen molar-refractivity contribution in [2.45, 2.75) is 0 Å². The minimum atomic E-state index is -0.237. The molecule has 5 nitrogen and oxygen atoms in total. The largest absolute Gasteiger partial charge is 0.320 e. The topological polar surface area (TPSA) is 70.7 Å². The van der Waals surface area contributed by atoms with Gasteiger partial charge in [-0.05, 0) is 18.2 Å². The number of carbonyl (C=O) groups is 1. The van der Waals surface area contributed by atoms with Crippen LogP contribution in [0.25, 0.3) is 10.9 Å². The van der Waals surface area contributed by atoms with Gasteiger partial charge in [0.2, 0.25) is 0 Å². The fourth-order valence-electron chi connectivity index (χ4n) is 1.76. The van der Waals surface area contributed by atoms with E-state index in [1.54, 1.807) is 24.5 Å². The second-order valence-electron chi connectivity index (χ2n) is 3.81. The zero-order valence-electron chi connectivity index (χ0n) is 9.42. The zero-order chi connectivity index (χ0) is 12.4. The van der Waals surface area contributed by atoms with Crippen LogP contribution < -0.4 is 5.32 Å². The predicted octanol–water partition coefficient (Wildman–Crippen LogP) is 2.21. The number of aromatic amines is 1. The van der Waals surface area contributed by atoms with Crippen LogP contribution in [0, 0.1) is 0 Å². The summed E-state index contributed by atoms with van der Waals surface area (Å²) in [5.41, 5.74) is 1.93. The molecule has 0 saturated carbocycles. The maximum Gasteiger partial charge on any atom is 0.276 e. The first-order valence-corrected chi connectivity index (χ1v) is 5.49. The third-order valence-corrected chi connectivity index (χ3v) is 2.62. The lowest BCUT2D eigenvalue weighted by Gasteiger charge is -2.02. The molecule has 0 aliphatic rings. The van der Waals surface area contributed by atoms with Crippen LogP contribution in [0.3, 0.4) is 0 Å². The highest BCUT2D eigenvalue weighted by molar-refractivity contribution is 6.10. The van der Waals surface area contributed by atoms with E-state index >= 15 is 0 Å². The SMILES string of the molecule is O=C(Nc1ccncc1)c1n[nH]c2ccccc12. The number of rotatable bonds is 2. The number of benzene rings is 1. The smallest absolute Gasteiger partial charge is 0.276 e. The molecule has 2 aromatic heterocycles. The molecule has 0 saturated heterocycles. The number of carbonyl (C=O) groups excluding carboxylic acids is 1. The van der Waals surface area contributed by atoms with Crippen molar-refractivity contribution in [2.24, 2.45) is 0 Å². The molecule has 0 bridgehead atoms. The van der Waals surface area contributed by atoms with E-state index in [9.17, 15) is 4.79 Å². The Balaban J connectivity index is 1.93. The molecule has 0 unspecified atom stereocenters. The Morgan fingerprint density at radius 1 is 1.11 bits per heavy atom. The minimum absolute atomic E-state index is 0.237. The summed E-state index contributed by atoms with van der Waals surface area (Å²) in [7, 11) is 0. The van der Waals surface area contributed by atoms with Crippen molar-refractivity contribution in [2.75, 3.05) is 5.32 Å². The number of anilines is 1. The van der Waals surface area contributed by atoms with Crippen molar-refractivity contribution in [3.05, 3.63) is 54.5 Å². The number of hydrogen-bond donors (Lipinski definition) is 2. The van der Waals surface area contributed by atoms with Gasteiger partial charge in [0, 0.05) is 23.5 Å². The second kappa shape index (κ2) is 4.29. The Morgan fingerprint density at radius 3 is 2.72 bits per heavy atom. The van der Waals surface area contributed by atoms with Crippen LogP contribution >= 0.6 is 0 Å². The third-order valence-electron chi connectivity index (χ3n) is 2.62. The molecule has 3 aromatic rings. The van der Waals surface area contributed by atoms with Crippen LogP contribution in [0.2, 0.25) is 0 Å². The molecule has 1 aromatic carbocycles. The molecular formula is C13H10N4O. The highest BCUT2D eigenvalue weighted by atomic mass is 16.1. The van der Waals surface area contributed by atoms with Gasteiger partial charge < -0.3 is 5.32 Å². The number of nitrogens with zero attached hydrogens (tertiary/aromatic N) is 2. The Bertz CT molecular complexity index is 690. The number of nitrogens with one attached hydrogen (secondary N) is 2. The van der Waals surface area contributed by atoms with Gasteiger partial charge in [0.05, 0.1) is 5.52 Å². The predicted molar refractivity (Wildman–Crippen MR) is 68.3 cm³/mol. The molecule has 0 aliphatic carbocycles. The molecule has 5 heteroatoms. The maximum absolute atomic E-state index is 12.1. The Labute approximate surface area is 103 Å². The van der Waals surface area contributed by atoms with Crippen LogP contribution in [0.5, 0.6) is 0 Å². The lowest BCUT2D eigenvalue weighted by Crippen LogP contribution is -2.12. The van der Waals surface area contributed by atoms with E-state index in [-0.39, 0.29) is 5.91 Å². The van der Waals surface area contributed by atoms with Crippen LogP contribution in [-0.2, 0) is 0 Å². The van der Waals surface area contributed by atoms with Gasteiger partial charge >= 0.3 is 0 Å². The first kappa shape index (κ1) is 10.5. The summed E-state index contributed by atoms with van der Waals surface area (Å²) >= 11 is 0. The standard InChI is InChI=1S/C13H10N4O/c18-13(15-9-5-7-14-8-6-9)12-10-3-1-2-4-11(10)16-17-12/h1-8H,(H,16,17)(H,14,15,18). The quantitative estimate of drug-likeness (QED) is 0.719. The molecule has 2 N–H and O–H groups in total. The van der Waals surface area contributed by atoms with Crippen LogP contribution in [0.15, 0.2) is 48.8 Å². The summed E-state index contributed by atoms with van der Waals surface area (Å²) in [6.07, 6.45) is 3.25. The van der Waals surface area contributed by atoms with Crippen molar-refractivity contribution >= 4 is 22.5 Å². The van der Waals surface area contributed by atoms with E-state index in [0.717, 1.165) is 10.9 Å². The summed E-state index contributed by atoms with van der Waals surface area (Å²) in [5, 5.41) is 10.5. The van der Waals surface area contributed by atoms with Gasteiger partial charge in [-0.25, -0.2) is 0 Å². The molecule has 1 amide bonds. The van der Waals surface area contributed by atoms with Crippen molar-refractivity contribution in [3.8, 4) is 0 Å². The first-order chi connectivity index (χ1) is 8.84. The van der Waals surface area contributed by atoms with Gasteiger partial charge in [0.1, 0.15) is 0 Å². The fourth-order valence-corrected chi connectivity index (χ4v) is 1.76. The van der Waals surface area contributed by atoms with Crippen molar-refractivity contribution < 1.29 is 4.79 Å². The highest BCUT2D eigenvalue weighted by Gasteiger charge is 2.13. The molecule has 0 atom stereocenters. The number of para-hydroxylation sites is 1. The van der Waals surface area contributed by atoms with Crippen molar-refractivity contribution in [1.82, 2.24) is 15.2 Å². The Hall–Kier alpha value is -2.69. The van der Waals surface area contributed by atoms with Gasteiger partial charge in [-0.15, -0.1) is 0 Å². The average Bonchev–Trinajstić information content (AvgIpc) is 2.84. The zero-order valence-corrected chi connectivity index (χ0v) is 9.42. The number of amides is 1. The second-order valence-corrected chi connectivity index (χ2v) is 3.81. The molecule has 0 aliphatic heterocycles. The number of hydrogen-bond acceptors (Lipinski definition) is 3. The molecule has 2 heterocycles. The number of fused-ring (bicyclic) bond motifs is 1. The lowest BCUT2D eigenvalue weighted by atomic mass is 10.2. The summed E-state index contributed by atoms with van der Waals surface area (Å²) < 4.78 is 0. The summed E-state index contributed by atoms with van der Waals surface area (Å²) in [6, 6.07) is 11.0. The van der Waals surface area contributed by atoms with E-state index in [1.165, 1.54) is 0 Å². The van der Waals surface area contributed by atoms with E-state index in [0.29, 0.717) is 11.4 Å². The number of pyridine rings is 1. The third kappa shape index (κ3) is 1.82. The monoisotopic (exact) mass is 238 g/mol. The van der Waals surface area contributed by atoms with Crippen molar-refractivity contribution in [3.63, 3.8) is 0 Å². The Morgan fingerprint density at radius 2 is 1.89 bits per heavy atom. The number of aromatic nitrogens is 3. The normalized spacial score (nSPS) is 10.4. The van der Waals surface area contributed by atoms with Gasteiger partial charge in [0.15, 0.2) is 5.69 Å². The van der Waals surface area contributed by atoms with Crippen LogP contribution in [0.1, 0.15) is 10.5 Å². The molecule has 0 radical (unpaired) electrons. The first-order valence-electron chi connectivity index (χ1n) is 5.49. The van der Waals surface area contributed by atoms with E-state index in [1.807, 2.05) is 24.3 Å². The molecule has 3 rings (SSSR count). The van der Waals surface area contributed by atoms with Gasteiger partial charge in [-0.3, -0.25) is 14.9 Å². The lowest BCUT2D eigenvalue weighted by molar-refractivity contribution is 0.102. The maximum atomic E-state index is 12.1. The summed E-state index contributed by atoms with van der Waals surface area (Å²) in [4.78, 5) is 16.0. The molecular weight excluding hydrogens is 228 g/mol. The van der Waals surface area contributed by atoms with Gasteiger partial charge in [0.25, 0.3) is 5.91 Å². The Kier molecular flexibility index (Phi) is 2.49. The molecule has 0 spiro atoms. The minimum Gasteiger partial charge on any atom is -0.320 e. The van der Waals surface area contributed by atoms with Crippen LogP contribution in [-0.4, -0.2) is 21.1 Å². The average molecular weight is 238 g/mol. The molecule has 0 fully saturated rings. The van der Waals surface area contributed by atoms with Crippen LogP contribution in [0.4, 0.5) is 5.69 Å². The molecule has 88 valence electrons. The molecule has 18 heavy (non-hydrogen) atoms. The van der Waals surface area contributed by atoms with E-state index in [2.05, 4.69) is 20.5 Å². The van der Waals surface area contributed by atoms with Gasteiger partial charge in [-0.2, -0.15) is 5.10 Å². The number of H-pyrrole nitrogens is 1. The van der Waals surface area contributed by atoms with E-state index < -0.39 is 0 Å².